The molecule has 0 radical (unpaired) electrons. The summed E-state index contributed by atoms with van der Waals surface area (Å²) in [4.78, 5) is 40.7. The Morgan fingerprint density at radius 2 is 2.00 bits per heavy atom. The van der Waals surface area contributed by atoms with Crippen molar-refractivity contribution in [2.45, 2.75) is 65.1 Å². The van der Waals surface area contributed by atoms with E-state index >= 15 is 0 Å². The van der Waals surface area contributed by atoms with E-state index in [1.54, 1.807) is 45.4 Å². The van der Waals surface area contributed by atoms with Gasteiger partial charge in [0.1, 0.15) is 5.60 Å². The Morgan fingerprint density at radius 1 is 1.22 bits per heavy atom. The lowest BCUT2D eigenvalue weighted by Gasteiger charge is -2.38. The van der Waals surface area contributed by atoms with Gasteiger partial charge in [-0.2, -0.15) is 0 Å². The van der Waals surface area contributed by atoms with Gasteiger partial charge in [-0.1, -0.05) is 0 Å². The van der Waals surface area contributed by atoms with Crippen LogP contribution in [0.4, 0.5) is 9.18 Å². The zero-order valence-corrected chi connectivity index (χ0v) is 21.0. The van der Waals surface area contributed by atoms with Crippen molar-refractivity contribution in [2.75, 3.05) is 6.54 Å². The largest absolute Gasteiger partial charge is 0.444 e. The highest BCUT2D eigenvalue weighted by Crippen LogP contribution is 2.28. The number of aromatic nitrogens is 5. The summed E-state index contributed by atoms with van der Waals surface area (Å²) in [5, 5.41) is 0.392. The van der Waals surface area contributed by atoms with Crippen LogP contribution in [-0.4, -0.2) is 53.1 Å². The fraction of sp³-hybridized carbons (Fsp3) is 0.423. The first-order valence-corrected chi connectivity index (χ1v) is 12.0. The average Bonchev–Trinajstić information content (AvgIpc) is 3.18. The summed E-state index contributed by atoms with van der Waals surface area (Å²) in [6, 6.07) is 3.00. The summed E-state index contributed by atoms with van der Waals surface area (Å²) >= 11 is 0. The molecule has 0 aliphatic carbocycles. The molecule has 1 saturated heterocycles. The number of carbonyl (C=O) groups excluding carboxylic acids is 1. The van der Waals surface area contributed by atoms with E-state index in [9.17, 15) is 14.0 Å². The van der Waals surface area contributed by atoms with Crippen molar-refractivity contribution in [3.8, 4) is 11.4 Å². The van der Waals surface area contributed by atoms with E-state index in [2.05, 4.69) is 15.0 Å². The number of carbonyl (C=O) groups is 1. The van der Waals surface area contributed by atoms with Crippen LogP contribution in [0, 0.1) is 12.7 Å². The van der Waals surface area contributed by atoms with E-state index in [-0.39, 0.29) is 29.4 Å². The zero-order chi connectivity index (χ0) is 25.8. The molecular formula is C26H29FN6O3. The third-order valence-corrected chi connectivity index (χ3v) is 6.43. The Kier molecular flexibility index (Phi) is 5.77. The highest BCUT2D eigenvalue weighted by molar-refractivity contribution is 5.78. The molecule has 188 valence electrons. The maximum absolute atomic E-state index is 14.5. The lowest BCUT2D eigenvalue weighted by Crippen LogP contribution is -2.47. The Bertz CT molecular complexity index is 1540. The fourth-order valence-corrected chi connectivity index (χ4v) is 4.76. The standard InChI is InChI=1S/C26H29FN6O3/c1-15-13-31-14-17(11-20(27)23(31)29-15)22-28-12-19-21(30-22)7-9-33(24(19)34)18-6-8-32(16(2)10-18)25(35)36-26(3,4)5/h7,9,11-14,16,18H,6,8,10H2,1-5H3/t16-,18-/m0/s1. The third-order valence-electron chi connectivity index (χ3n) is 6.43. The molecule has 0 aromatic carbocycles. The molecule has 4 aromatic rings. The first kappa shape index (κ1) is 23.9. The Labute approximate surface area is 207 Å². The molecule has 1 amide bonds. The van der Waals surface area contributed by atoms with E-state index in [0.717, 1.165) is 0 Å². The van der Waals surface area contributed by atoms with Gasteiger partial charge in [-0.15, -0.1) is 0 Å². The van der Waals surface area contributed by atoms with Crippen molar-refractivity contribution in [3.05, 3.63) is 58.8 Å². The molecule has 4 aromatic heterocycles. The molecule has 1 aliphatic heterocycles. The number of rotatable bonds is 2. The molecule has 9 nitrogen and oxygen atoms in total. The molecule has 0 bridgehead atoms. The molecule has 0 unspecified atom stereocenters. The number of ether oxygens (including phenoxy) is 1. The first-order chi connectivity index (χ1) is 17.0. The minimum Gasteiger partial charge on any atom is -0.444 e. The van der Waals surface area contributed by atoms with Crippen LogP contribution >= 0.6 is 0 Å². The quantitative estimate of drug-likeness (QED) is 0.409. The van der Waals surface area contributed by atoms with Gasteiger partial charge in [0, 0.05) is 49.0 Å². The molecule has 5 rings (SSSR count). The number of halogens is 1. The molecule has 10 heteroatoms. The average molecular weight is 493 g/mol. The van der Waals surface area contributed by atoms with Gasteiger partial charge in [-0.25, -0.2) is 24.1 Å². The molecule has 1 fully saturated rings. The van der Waals surface area contributed by atoms with Crippen LogP contribution in [0.25, 0.3) is 27.9 Å². The number of fused-ring (bicyclic) bond motifs is 2. The number of piperidine rings is 1. The van der Waals surface area contributed by atoms with Gasteiger partial charge < -0.3 is 18.6 Å². The minimum absolute atomic E-state index is 0.0590. The van der Waals surface area contributed by atoms with Crippen LogP contribution < -0.4 is 5.56 Å². The zero-order valence-electron chi connectivity index (χ0n) is 21.0. The van der Waals surface area contributed by atoms with Gasteiger partial charge in [0.2, 0.25) is 0 Å². The summed E-state index contributed by atoms with van der Waals surface area (Å²) in [6.45, 7) is 9.80. The Balaban J connectivity index is 1.41. The molecule has 5 heterocycles. The SMILES string of the molecule is Cc1cn2cc(-c3ncc4c(=O)n([C@H]5CCN(C(=O)OC(C)(C)C)[C@@H](C)C5)ccc4n3)cc(F)c2n1. The lowest BCUT2D eigenvalue weighted by molar-refractivity contribution is 0.00773. The Morgan fingerprint density at radius 3 is 2.72 bits per heavy atom. The van der Waals surface area contributed by atoms with Crippen LogP contribution in [0.2, 0.25) is 0 Å². The molecule has 1 aliphatic rings. The molecule has 0 saturated carbocycles. The lowest BCUT2D eigenvalue weighted by atomic mass is 9.98. The summed E-state index contributed by atoms with van der Waals surface area (Å²) in [5.41, 5.74) is 1.18. The van der Waals surface area contributed by atoms with Gasteiger partial charge in [0.15, 0.2) is 17.3 Å². The van der Waals surface area contributed by atoms with Gasteiger partial charge in [-0.3, -0.25) is 4.79 Å². The van der Waals surface area contributed by atoms with Gasteiger partial charge in [-0.05, 0) is 59.6 Å². The van der Waals surface area contributed by atoms with Crippen molar-refractivity contribution in [2.24, 2.45) is 0 Å². The second-order valence-electron chi connectivity index (χ2n) is 10.4. The highest BCUT2D eigenvalue weighted by atomic mass is 19.1. The van der Waals surface area contributed by atoms with Crippen molar-refractivity contribution in [1.29, 1.82) is 0 Å². The number of nitrogens with zero attached hydrogens (tertiary/aromatic N) is 6. The summed E-state index contributed by atoms with van der Waals surface area (Å²) in [6.07, 6.45) is 7.63. The number of likely N-dealkylation sites (tertiary alicyclic amines) is 1. The summed E-state index contributed by atoms with van der Waals surface area (Å²) in [5.74, 6) is -0.141. The van der Waals surface area contributed by atoms with Crippen LogP contribution in [0.5, 0.6) is 0 Å². The second kappa shape index (κ2) is 8.69. The van der Waals surface area contributed by atoms with E-state index in [4.69, 9.17) is 4.74 Å². The van der Waals surface area contributed by atoms with E-state index < -0.39 is 11.4 Å². The number of hydrogen-bond acceptors (Lipinski definition) is 6. The van der Waals surface area contributed by atoms with Crippen LogP contribution in [-0.2, 0) is 4.74 Å². The number of hydrogen-bond donors (Lipinski definition) is 0. The van der Waals surface area contributed by atoms with Crippen molar-refractivity contribution >= 4 is 22.6 Å². The van der Waals surface area contributed by atoms with E-state index in [1.165, 1.54) is 12.3 Å². The van der Waals surface area contributed by atoms with E-state index in [1.807, 2.05) is 27.7 Å². The maximum atomic E-state index is 14.5. The topological polar surface area (TPSA) is 94.6 Å². The highest BCUT2D eigenvalue weighted by Gasteiger charge is 2.33. The van der Waals surface area contributed by atoms with Crippen LogP contribution in [0.15, 0.2) is 41.7 Å². The van der Waals surface area contributed by atoms with Gasteiger partial charge in [0.25, 0.3) is 5.56 Å². The predicted molar refractivity (Wildman–Crippen MR) is 133 cm³/mol. The maximum Gasteiger partial charge on any atom is 0.410 e. The predicted octanol–water partition coefficient (Wildman–Crippen LogP) is 4.51. The van der Waals surface area contributed by atoms with Gasteiger partial charge in [0.05, 0.1) is 16.6 Å². The monoisotopic (exact) mass is 492 g/mol. The molecule has 0 spiro atoms. The van der Waals surface area contributed by atoms with Crippen LogP contribution in [0.1, 0.15) is 52.3 Å². The normalized spacial score (nSPS) is 18.7. The Hall–Kier alpha value is -3.82. The van der Waals surface area contributed by atoms with Gasteiger partial charge >= 0.3 is 6.09 Å². The number of aryl methyl sites for hydroxylation is 1. The molecule has 2 atom stereocenters. The minimum atomic E-state index is -0.559. The summed E-state index contributed by atoms with van der Waals surface area (Å²) in [7, 11) is 0. The first-order valence-electron chi connectivity index (χ1n) is 12.0. The van der Waals surface area contributed by atoms with Crippen molar-refractivity contribution in [1.82, 2.24) is 28.8 Å². The molecule has 0 N–H and O–H groups in total. The number of imidazole rings is 1. The fourth-order valence-electron chi connectivity index (χ4n) is 4.76. The molecule has 36 heavy (non-hydrogen) atoms. The van der Waals surface area contributed by atoms with Crippen molar-refractivity contribution in [3.63, 3.8) is 0 Å². The van der Waals surface area contributed by atoms with Crippen molar-refractivity contribution < 1.29 is 13.9 Å². The number of amides is 1. The smallest absolute Gasteiger partial charge is 0.410 e. The second-order valence-corrected chi connectivity index (χ2v) is 10.4. The van der Waals surface area contributed by atoms with Crippen LogP contribution in [0.3, 0.4) is 0 Å². The third kappa shape index (κ3) is 4.43. The summed E-state index contributed by atoms with van der Waals surface area (Å²) < 4.78 is 23.4. The number of pyridine rings is 2. The molecular weight excluding hydrogens is 463 g/mol. The van der Waals surface area contributed by atoms with E-state index in [0.29, 0.717) is 47.4 Å².